The van der Waals surface area contributed by atoms with Crippen LogP contribution in [0.15, 0.2) is 71.6 Å². The molecule has 4 rings (SSSR count). The van der Waals surface area contributed by atoms with E-state index in [0.717, 1.165) is 5.56 Å². The maximum atomic E-state index is 12.9. The van der Waals surface area contributed by atoms with E-state index in [1.807, 2.05) is 18.2 Å². The average Bonchev–Trinajstić information content (AvgIpc) is 2.78. The summed E-state index contributed by atoms with van der Waals surface area (Å²) in [5.41, 5.74) is 2.19. The second kappa shape index (κ2) is 8.63. The van der Waals surface area contributed by atoms with Gasteiger partial charge in [-0.15, -0.1) is 0 Å². The summed E-state index contributed by atoms with van der Waals surface area (Å²) in [5.74, 6) is 0. The zero-order chi connectivity index (χ0) is 20.3. The van der Waals surface area contributed by atoms with Gasteiger partial charge in [0, 0.05) is 25.7 Å². The molecule has 1 aliphatic heterocycles. The molecule has 3 aromatic carbocycles. The fourth-order valence-electron chi connectivity index (χ4n) is 3.76. The first-order chi connectivity index (χ1) is 14.1. The molecule has 1 heterocycles. The average molecular weight is 411 g/mol. The van der Waals surface area contributed by atoms with Gasteiger partial charge in [0.1, 0.15) is 0 Å². The van der Waals surface area contributed by atoms with Crippen LogP contribution in [-0.2, 0) is 21.3 Å². The second-order valence-electron chi connectivity index (χ2n) is 7.33. The van der Waals surface area contributed by atoms with Gasteiger partial charge in [0.25, 0.3) is 0 Å². The predicted molar refractivity (Wildman–Crippen MR) is 115 cm³/mol. The van der Waals surface area contributed by atoms with Crippen molar-refractivity contribution in [3.63, 3.8) is 0 Å². The van der Waals surface area contributed by atoms with Gasteiger partial charge < -0.3 is 10.1 Å². The molecule has 1 atom stereocenters. The summed E-state index contributed by atoms with van der Waals surface area (Å²) in [5, 5.41) is 5.99. The number of ether oxygens (including phenoxy) is 1. The minimum absolute atomic E-state index is 0.139. The number of rotatable bonds is 6. The highest BCUT2D eigenvalue weighted by Gasteiger charge is 2.26. The van der Waals surface area contributed by atoms with E-state index in [1.54, 1.807) is 12.1 Å². The third-order valence-corrected chi connectivity index (χ3v) is 7.30. The molecule has 1 N–H and O–H groups in total. The van der Waals surface area contributed by atoms with Gasteiger partial charge in [-0.2, -0.15) is 4.31 Å². The van der Waals surface area contributed by atoms with Crippen LogP contribution >= 0.6 is 0 Å². The van der Waals surface area contributed by atoms with Crippen LogP contribution in [0.1, 0.15) is 24.1 Å². The van der Waals surface area contributed by atoms with Crippen LogP contribution in [0.2, 0.25) is 0 Å². The van der Waals surface area contributed by atoms with Gasteiger partial charge in [0.15, 0.2) is 0 Å². The van der Waals surface area contributed by atoms with E-state index >= 15 is 0 Å². The van der Waals surface area contributed by atoms with E-state index in [4.69, 9.17) is 4.74 Å². The first-order valence-electron chi connectivity index (χ1n) is 9.93. The third-order valence-electron chi connectivity index (χ3n) is 5.41. The van der Waals surface area contributed by atoms with Gasteiger partial charge in [-0.05, 0) is 41.0 Å². The molecular formula is C23H26N2O3S. The molecule has 0 spiro atoms. The molecule has 0 aromatic heterocycles. The molecule has 5 nitrogen and oxygen atoms in total. The van der Waals surface area contributed by atoms with Crippen molar-refractivity contribution in [1.82, 2.24) is 9.62 Å². The number of benzene rings is 3. The van der Waals surface area contributed by atoms with Crippen molar-refractivity contribution in [2.24, 2.45) is 0 Å². The largest absolute Gasteiger partial charge is 0.379 e. The fraction of sp³-hybridized carbons (Fsp3) is 0.304. The Hall–Kier alpha value is -2.25. The number of fused-ring (bicyclic) bond motifs is 1. The maximum Gasteiger partial charge on any atom is 0.243 e. The Morgan fingerprint density at radius 2 is 1.72 bits per heavy atom. The number of hydrogen-bond donors (Lipinski definition) is 1. The molecule has 0 bridgehead atoms. The number of nitrogens with zero attached hydrogens (tertiary/aromatic N) is 1. The van der Waals surface area contributed by atoms with Crippen molar-refractivity contribution in [2.75, 3.05) is 26.3 Å². The number of nitrogens with one attached hydrogen (secondary N) is 1. The van der Waals surface area contributed by atoms with Crippen molar-refractivity contribution in [2.45, 2.75) is 24.4 Å². The van der Waals surface area contributed by atoms with Gasteiger partial charge in [0.2, 0.25) is 10.0 Å². The molecular weight excluding hydrogens is 384 g/mol. The van der Waals surface area contributed by atoms with Gasteiger partial charge in [-0.25, -0.2) is 8.42 Å². The van der Waals surface area contributed by atoms with Crippen LogP contribution < -0.4 is 5.32 Å². The summed E-state index contributed by atoms with van der Waals surface area (Å²) in [7, 11) is -3.48. The molecule has 0 radical (unpaired) electrons. The van der Waals surface area contributed by atoms with Crippen LogP contribution in [0, 0.1) is 0 Å². The third kappa shape index (κ3) is 4.36. The zero-order valence-electron chi connectivity index (χ0n) is 16.5. The highest BCUT2D eigenvalue weighted by Crippen LogP contribution is 2.25. The smallest absolute Gasteiger partial charge is 0.243 e. The van der Waals surface area contributed by atoms with E-state index < -0.39 is 10.0 Å². The normalized spacial score (nSPS) is 16.7. The van der Waals surface area contributed by atoms with E-state index in [9.17, 15) is 8.42 Å². The Morgan fingerprint density at radius 3 is 2.55 bits per heavy atom. The minimum atomic E-state index is -3.48. The van der Waals surface area contributed by atoms with E-state index in [0.29, 0.717) is 37.7 Å². The summed E-state index contributed by atoms with van der Waals surface area (Å²) >= 11 is 0. The molecule has 1 saturated heterocycles. The molecule has 0 aliphatic carbocycles. The van der Waals surface area contributed by atoms with Crippen LogP contribution in [-0.4, -0.2) is 39.0 Å². The van der Waals surface area contributed by atoms with Crippen molar-refractivity contribution in [3.8, 4) is 0 Å². The van der Waals surface area contributed by atoms with E-state index in [1.165, 1.54) is 20.6 Å². The molecule has 0 saturated carbocycles. The summed E-state index contributed by atoms with van der Waals surface area (Å²) in [6.07, 6.45) is 0. The first kappa shape index (κ1) is 20.0. The van der Waals surface area contributed by atoms with Gasteiger partial charge >= 0.3 is 0 Å². The predicted octanol–water partition coefficient (Wildman–Crippen LogP) is 3.71. The van der Waals surface area contributed by atoms with Gasteiger partial charge in [-0.1, -0.05) is 54.6 Å². The Bertz CT molecular complexity index is 1090. The van der Waals surface area contributed by atoms with Crippen LogP contribution in [0.5, 0.6) is 0 Å². The van der Waals surface area contributed by atoms with Crippen molar-refractivity contribution >= 4 is 20.8 Å². The fourth-order valence-corrected chi connectivity index (χ4v) is 5.24. The number of hydrogen-bond acceptors (Lipinski definition) is 4. The molecule has 29 heavy (non-hydrogen) atoms. The SMILES string of the molecule is CC(NCc1cccc(S(=O)(=O)N2CCOCC2)c1)c1cccc2ccccc12. The molecule has 1 aliphatic rings. The number of sulfonamides is 1. The lowest BCUT2D eigenvalue weighted by Crippen LogP contribution is -2.40. The minimum Gasteiger partial charge on any atom is -0.379 e. The van der Waals surface area contributed by atoms with E-state index in [-0.39, 0.29) is 6.04 Å². The lowest BCUT2D eigenvalue weighted by molar-refractivity contribution is 0.0730. The maximum absolute atomic E-state index is 12.9. The lowest BCUT2D eigenvalue weighted by Gasteiger charge is -2.26. The van der Waals surface area contributed by atoms with Crippen LogP contribution in [0.4, 0.5) is 0 Å². The zero-order valence-corrected chi connectivity index (χ0v) is 17.4. The summed E-state index contributed by atoms with van der Waals surface area (Å²) < 4.78 is 32.6. The molecule has 3 aromatic rings. The summed E-state index contributed by atoms with van der Waals surface area (Å²) in [4.78, 5) is 0.344. The molecule has 152 valence electrons. The molecule has 6 heteroatoms. The van der Waals surface area contributed by atoms with Crippen LogP contribution in [0.3, 0.4) is 0 Å². The first-order valence-corrected chi connectivity index (χ1v) is 11.4. The van der Waals surface area contributed by atoms with Crippen molar-refractivity contribution < 1.29 is 13.2 Å². The lowest BCUT2D eigenvalue weighted by atomic mass is 9.99. The highest BCUT2D eigenvalue weighted by atomic mass is 32.2. The van der Waals surface area contributed by atoms with Crippen LogP contribution in [0.25, 0.3) is 10.8 Å². The Morgan fingerprint density at radius 1 is 1.00 bits per heavy atom. The number of morpholine rings is 1. The Labute approximate surface area is 172 Å². The Balaban J connectivity index is 1.49. The van der Waals surface area contributed by atoms with Crippen molar-refractivity contribution in [1.29, 1.82) is 0 Å². The molecule has 1 fully saturated rings. The molecule has 0 amide bonds. The topological polar surface area (TPSA) is 58.6 Å². The summed E-state index contributed by atoms with van der Waals surface area (Å²) in [6, 6.07) is 22.0. The molecule has 1 unspecified atom stereocenters. The second-order valence-corrected chi connectivity index (χ2v) is 9.27. The van der Waals surface area contributed by atoms with E-state index in [2.05, 4.69) is 48.6 Å². The van der Waals surface area contributed by atoms with Gasteiger partial charge in [0.05, 0.1) is 18.1 Å². The standard InChI is InChI=1S/C23H26N2O3S/c1-18(22-11-5-8-20-7-2-3-10-23(20)22)24-17-19-6-4-9-21(16-19)29(26,27)25-12-14-28-15-13-25/h2-11,16,18,24H,12-15,17H2,1H3. The highest BCUT2D eigenvalue weighted by molar-refractivity contribution is 7.89. The Kier molecular flexibility index (Phi) is 5.96. The summed E-state index contributed by atoms with van der Waals surface area (Å²) in [6.45, 7) is 4.44. The van der Waals surface area contributed by atoms with Crippen molar-refractivity contribution in [3.05, 3.63) is 77.9 Å². The van der Waals surface area contributed by atoms with Gasteiger partial charge in [-0.3, -0.25) is 0 Å². The monoisotopic (exact) mass is 410 g/mol. The quantitative estimate of drug-likeness (QED) is 0.673.